The number of hydrogen-bond acceptors (Lipinski definition) is 7. The summed E-state index contributed by atoms with van der Waals surface area (Å²) in [6, 6.07) is 7.73. The largest absolute Gasteiger partial charge is 0.378 e. The lowest BCUT2D eigenvalue weighted by Crippen LogP contribution is -2.51. The second-order valence-corrected chi connectivity index (χ2v) is 9.47. The molecule has 9 nitrogen and oxygen atoms in total. The zero-order chi connectivity index (χ0) is 26.1. The Balaban J connectivity index is 1.50. The number of carbonyl (C=O) groups excluding carboxylic acids is 1. The van der Waals surface area contributed by atoms with Crippen LogP contribution in [0.1, 0.15) is 5.56 Å². The molecule has 0 radical (unpaired) electrons. The van der Waals surface area contributed by atoms with Crippen LogP contribution in [0.4, 0.5) is 36.7 Å². The molecule has 2 aliphatic rings. The molecule has 2 saturated heterocycles. The summed E-state index contributed by atoms with van der Waals surface area (Å²) in [4.78, 5) is 29.3. The molecule has 1 N–H and O–H groups in total. The maximum atomic E-state index is 15.1. The van der Waals surface area contributed by atoms with Crippen LogP contribution in [0, 0.1) is 18.6 Å². The molecule has 2 amide bonds. The Kier molecular flexibility index (Phi) is 6.96. The summed E-state index contributed by atoms with van der Waals surface area (Å²) in [6.45, 7) is 6.81. The number of halogens is 2. The van der Waals surface area contributed by atoms with Crippen molar-refractivity contribution in [1.82, 2.24) is 19.8 Å². The number of anilines is 4. The summed E-state index contributed by atoms with van der Waals surface area (Å²) in [5.41, 5.74) is 1.44. The normalized spacial score (nSPS) is 16.3. The summed E-state index contributed by atoms with van der Waals surface area (Å²) in [5.74, 6) is 0.604. The van der Waals surface area contributed by atoms with Crippen LogP contribution in [0.3, 0.4) is 0 Å². The molecule has 196 valence electrons. The Labute approximate surface area is 214 Å². The van der Waals surface area contributed by atoms with E-state index >= 15 is 4.39 Å². The predicted molar refractivity (Wildman–Crippen MR) is 140 cm³/mol. The topological polar surface area (TPSA) is 77.1 Å². The lowest BCUT2D eigenvalue weighted by atomic mass is 10.1. The predicted octanol–water partition coefficient (Wildman–Crippen LogP) is 3.60. The Hall–Kier alpha value is -3.73. The van der Waals surface area contributed by atoms with Crippen LogP contribution < -0.4 is 15.1 Å². The number of fused-ring (bicyclic) bond motifs is 1. The maximum Gasteiger partial charge on any atom is 0.319 e. The van der Waals surface area contributed by atoms with Gasteiger partial charge in [-0.3, -0.25) is 0 Å². The Morgan fingerprint density at radius 3 is 2.43 bits per heavy atom. The van der Waals surface area contributed by atoms with Gasteiger partial charge < -0.3 is 29.7 Å². The Bertz CT molecular complexity index is 1310. The highest BCUT2D eigenvalue weighted by molar-refractivity contribution is 5.97. The first-order chi connectivity index (χ1) is 17.8. The number of morpholine rings is 1. The minimum atomic E-state index is -0.689. The number of carbonyl (C=O) groups is 1. The van der Waals surface area contributed by atoms with Gasteiger partial charge in [0.05, 0.1) is 29.8 Å². The van der Waals surface area contributed by atoms with Gasteiger partial charge in [0.2, 0.25) is 0 Å². The van der Waals surface area contributed by atoms with E-state index in [4.69, 9.17) is 9.72 Å². The number of benzene rings is 1. The van der Waals surface area contributed by atoms with Crippen molar-refractivity contribution in [2.75, 3.05) is 81.7 Å². The number of amides is 2. The molecule has 0 bridgehead atoms. The lowest BCUT2D eigenvalue weighted by Gasteiger charge is -2.37. The molecule has 37 heavy (non-hydrogen) atoms. The van der Waals surface area contributed by atoms with E-state index < -0.39 is 11.6 Å². The fraction of sp³-hybridized carbons (Fsp3) is 0.423. The number of pyridine rings is 2. The van der Waals surface area contributed by atoms with E-state index in [-0.39, 0.29) is 16.9 Å². The van der Waals surface area contributed by atoms with Crippen molar-refractivity contribution in [2.24, 2.45) is 0 Å². The molecular weight excluding hydrogens is 480 g/mol. The average Bonchev–Trinajstić information content (AvgIpc) is 2.90. The van der Waals surface area contributed by atoms with E-state index in [0.717, 1.165) is 30.5 Å². The SMILES string of the molecule is Cc1c(N2CCN(C(=O)N(C)C)CC2)nc2cc(F)cc(F)c2c1Nc1cccc(N2CCOCC2)n1. The molecule has 11 heteroatoms. The third-order valence-electron chi connectivity index (χ3n) is 6.78. The van der Waals surface area contributed by atoms with Gasteiger partial charge >= 0.3 is 6.03 Å². The fourth-order valence-electron chi connectivity index (χ4n) is 4.84. The minimum Gasteiger partial charge on any atom is -0.378 e. The summed E-state index contributed by atoms with van der Waals surface area (Å²) >= 11 is 0. The molecule has 4 heterocycles. The third-order valence-corrected chi connectivity index (χ3v) is 6.78. The molecule has 2 aliphatic heterocycles. The number of nitrogens with zero attached hydrogens (tertiary/aromatic N) is 6. The van der Waals surface area contributed by atoms with Crippen molar-refractivity contribution < 1.29 is 18.3 Å². The van der Waals surface area contributed by atoms with E-state index in [9.17, 15) is 9.18 Å². The van der Waals surface area contributed by atoms with Gasteiger partial charge in [0.15, 0.2) is 0 Å². The van der Waals surface area contributed by atoms with Gasteiger partial charge in [0.25, 0.3) is 0 Å². The van der Waals surface area contributed by atoms with E-state index in [1.165, 1.54) is 6.07 Å². The van der Waals surface area contributed by atoms with Crippen molar-refractivity contribution in [3.05, 3.63) is 47.5 Å². The highest BCUT2D eigenvalue weighted by Gasteiger charge is 2.26. The van der Waals surface area contributed by atoms with Gasteiger partial charge in [-0.2, -0.15) is 0 Å². The van der Waals surface area contributed by atoms with Gasteiger partial charge in [-0.05, 0) is 19.1 Å². The van der Waals surface area contributed by atoms with E-state index in [0.29, 0.717) is 56.7 Å². The second-order valence-electron chi connectivity index (χ2n) is 9.47. The molecule has 2 aromatic heterocycles. The van der Waals surface area contributed by atoms with Crippen LogP contribution in [0.2, 0.25) is 0 Å². The van der Waals surface area contributed by atoms with Crippen molar-refractivity contribution in [1.29, 1.82) is 0 Å². The summed E-state index contributed by atoms with van der Waals surface area (Å²) in [6.07, 6.45) is 0. The molecule has 0 saturated carbocycles. The Morgan fingerprint density at radius 2 is 1.73 bits per heavy atom. The number of hydrogen-bond donors (Lipinski definition) is 1. The number of piperazine rings is 1. The average molecular weight is 512 g/mol. The van der Waals surface area contributed by atoms with Gasteiger partial charge in [-0.1, -0.05) is 6.07 Å². The molecule has 3 aromatic rings. The van der Waals surface area contributed by atoms with Crippen LogP contribution in [0.25, 0.3) is 10.9 Å². The second kappa shape index (κ2) is 10.3. The number of urea groups is 1. The number of nitrogens with one attached hydrogen (secondary N) is 1. The van der Waals surface area contributed by atoms with Crippen LogP contribution in [-0.4, -0.2) is 92.4 Å². The number of aromatic nitrogens is 2. The van der Waals surface area contributed by atoms with Crippen molar-refractivity contribution in [3.8, 4) is 0 Å². The van der Waals surface area contributed by atoms with Gasteiger partial charge in [0.1, 0.15) is 29.1 Å². The number of ether oxygens (including phenoxy) is 1. The smallest absolute Gasteiger partial charge is 0.319 e. The zero-order valence-electron chi connectivity index (χ0n) is 21.3. The molecule has 5 rings (SSSR count). The molecule has 1 aromatic carbocycles. The lowest BCUT2D eigenvalue weighted by molar-refractivity contribution is 0.122. The van der Waals surface area contributed by atoms with Gasteiger partial charge in [-0.25, -0.2) is 23.5 Å². The van der Waals surface area contributed by atoms with Crippen molar-refractivity contribution in [2.45, 2.75) is 6.92 Å². The first kappa shape index (κ1) is 24.9. The zero-order valence-corrected chi connectivity index (χ0v) is 21.3. The van der Waals surface area contributed by atoms with E-state index in [1.807, 2.05) is 25.1 Å². The molecule has 0 aliphatic carbocycles. The van der Waals surface area contributed by atoms with Crippen molar-refractivity contribution in [3.63, 3.8) is 0 Å². The summed E-state index contributed by atoms with van der Waals surface area (Å²) in [5, 5.41) is 3.52. The van der Waals surface area contributed by atoms with E-state index in [1.54, 1.807) is 23.9 Å². The number of rotatable bonds is 4. The molecule has 2 fully saturated rings. The summed E-state index contributed by atoms with van der Waals surface area (Å²) in [7, 11) is 3.46. The van der Waals surface area contributed by atoms with Gasteiger partial charge in [0, 0.05) is 71.1 Å². The molecule has 0 atom stereocenters. The molecular formula is C26H31F2N7O2. The monoisotopic (exact) mass is 511 g/mol. The third kappa shape index (κ3) is 5.08. The molecule has 0 unspecified atom stereocenters. The Morgan fingerprint density at radius 1 is 1.00 bits per heavy atom. The minimum absolute atomic E-state index is 0.0411. The van der Waals surface area contributed by atoms with Crippen LogP contribution >= 0.6 is 0 Å². The van der Waals surface area contributed by atoms with Gasteiger partial charge in [-0.15, -0.1) is 0 Å². The highest BCUT2D eigenvalue weighted by Crippen LogP contribution is 2.37. The van der Waals surface area contributed by atoms with Crippen LogP contribution in [0.5, 0.6) is 0 Å². The standard InChI is InChI=1S/C26H31F2N7O2/c1-17-24(31-21-5-4-6-22(30-21)33-11-13-37-14-12-33)23-19(28)15-18(27)16-20(23)29-25(17)34-7-9-35(10-8-34)26(36)32(2)3/h4-6,15-16H,7-14H2,1-3H3,(H,29,30,31). The highest BCUT2D eigenvalue weighted by atomic mass is 19.1. The van der Waals surface area contributed by atoms with Crippen molar-refractivity contribution >= 4 is 40.1 Å². The van der Waals surface area contributed by atoms with E-state index in [2.05, 4.69) is 20.1 Å². The summed E-state index contributed by atoms with van der Waals surface area (Å²) < 4.78 is 34.8. The fourth-order valence-corrected chi connectivity index (χ4v) is 4.84. The first-order valence-corrected chi connectivity index (χ1v) is 12.4. The van der Waals surface area contributed by atoms with Crippen LogP contribution in [-0.2, 0) is 4.74 Å². The quantitative estimate of drug-likeness (QED) is 0.574. The first-order valence-electron chi connectivity index (χ1n) is 12.4. The van der Waals surface area contributed by atoms with Crippen LogP contribution in [0.15, 0.2) is 30.3 Å². The maximum absolute atomic E-state index is 15.1. The molecule has 0 spiro atoms.